The second kappa shape index (κ2) is 3.46. The van der Waals surface area contributed by atoms with Crippen molar-refractivity contribution < 1.29 is 14.4 Å². The van der Waals surface area contributed by atoms with E-state index < -0.39 is 0 Å². The van der Waals surface area contributed by atoms with Gasteiger partial charge in [-0.05, 0) is 12.3 Å². The Morgan fingerprint density at radius 3 is 2.15 bits per heavy atom. The van der Waals surface area contributed by atoms with Crippen molar-refractivity contribution in [3.05, 3.63) is 0 Å². The summed E-state index contributed by atoms with van der Waals surface area (Å²) in [5.41, 5.74) is -0.220. The number of hydroxylamine groups is 2. The van der Waals surface area contributed by atoms with Gasteiger partial charge < -0.3 is 0 Å². The minimum atomic E-state index is -0.233. The standard InChI is InChI=1S/C9H15NO3/c1-4-13-10-7(11)5-9(2,3)6-8(10)12/h4-6H2,1-3H3. The zero-order valence-corrected chi connectivity index (χ0v) is 8.29. The predicted octanol–water partition coefficient (Wildman–Crippen LogP) is 1.11. The zero-order valence-electron chi connectivity index (χ0n) is 8.29. The van der Waals surface area contributed by atoms with E-state index in [0.29, 0.717) is 19.4 Å². The molecule has 0 unspecified atom stereocenters. The molecule has 0 radical (unpaired) electrons. The van der Waals surface area contributed by atoms with Crippen molar-refractivity contribution in [3.8, 4) is 0 Å². The molecule has 1 aliphatic heterocycles. The molecule has 74 valence electrons. The summed E-state index contributed by atoms with van der Waals surface area (Å²) in [6, 6.07) is 0. The third kappa shape index (κ3) is 2.28. The van der Waals surface area contributed by atoms with Gasteiger partial charge in [0.1, 0.15) is 0 Å². The van der Waals surface area contributed by atoms with Crippen molar-refractivity contribution in [1.82, 2.24) is 5.06 Å². The third-order valence-corrected chi connectivity index (χ3v) is 1.97. The van der Waals surface area contributed by atoms with Crippen LogP contribution in [0, 0.1) is 5.41 Å². The average molecular weight is 185 g/mol. The highest BCUT2D eigenvalue weighted by Gasteiger charge is 2.38. The third-order valence-electron chi connectivity index (χ3n) is 1.97. The van der Waals surface area contributed by atoms with E-state index in [-0.39, 0.29) is 17.2 Å². The average Bonchev–Trinajstić information content (AvgIpc) is 1.94. The predicted molar refractivity (Wildman–Crippen MR) is 46.5 cm³/mol. The molecule has 0 aliphatic carbocycles. The number of amides is 2. The maximum absolute atomic E-state index is 11.4. The quantitative estimate of drug-likeness (QED) is 0.605. The molecule has 4 nitrogen and oxygen atoms in total. The molecule has 0 aromatic rings. The molecule has 4 heteroatoms. The summed E-state index contributed by atoms with van der Waals surface area (Å²) in [5, 5.41) is 0.894. The normalized spacial score (nSPS) is 22.2. The van der Waals surface area contributed by atoms with Gasteiger partial charge in [0.25, 0.3) is 11.8 Å². The first-order chi connectivity index (χ1) is 5.96. The van der Waals surface area contributed by atoms with Crippen LogP contribution in [0.5, 0.6) is 0 Å². The fourth-order valence-electron chi connectivity index (χ4n) is 1.44. The maximum Gasteiger partial charge on any atom is 0.254 e. The van der Waals surface area contributed by atoms with Crippen LogP contribution in [0.3, 0.4) is 0 Å². The Balaban J connectivity index is 2.71. The van der Waals surface area contributed by atoms with E-state index in [1.54, 1.807) is 6.92 Å². The van der Waals surface area contributed by atoms with Gasteiger partial charge in [-0.1, -0.05) is 13.8 Å². The van der Waals surface area contributed by atoms with Crippen LogP contribution in [-0.2, 0) is 14.4 Å². The molecule has 1 heterocycles. The van der Waals surface area contributed by atoms with Crippen LogP contribution < -0.4 is 0 Å². The van der Waals surface area contributed by atoms with Crippen LogP contribution in [0.25, 0.3) is 0 Å². The molecule has 2 amide bonds. The number of imide groups is 1. The molecule has 1 aliphatic rings. The fraction of sp³-hybridized carbons (Fsp3) is 0.778. The van der Waals surface area contributed by atoms with Crippen molar-refractivity contribution in [3.63, 3.8) is 0 Å². The highest BCUT2D eigenvalue weighted by Crippen LogP contribution is 2.31. The largest absolute Gasteiger partial charge is 0.272 e. The SMILES string of the molecule is CCON1C(=O)CC(C)(C)CC1=O. The van der Waals surface area contributed by atoms with Crippen molar-refractivity contribution in [2.24, 2.45) is 5.41 Å². The maximum atomic E-state index is 11.4. The van der Waals surface area contributed by atoms with E-state index >= 15 is 0 Å². The number of nitrogens with zero attached hydrogens (tertiary/aromatic N) is 1. The van der Waals surface area contributed by atoms with E-state index in [1.165, 1.54) is 0 Å². The second-order valence-corrected chi connectivity index (χ2v) is 4.02. The van der Waals surface area contributed by atoms with Crippen LogP contribution in [0.2, 0.25) is 0 Å². The molecular formula is C9H15NO3. The number of piperidine rings is 1. The summed E-state index contributed by atoms with van der Waals surface area (Å²) in [7, 11) is 0. The Bertz CT molecular complexity index is 215. The number of hydrogen-bond acceptors (Lipinski definition) is 3. The van der Waals surface area contributed by atoms with Crippen molar-refractivity contribution in [1.29, 1.82) is 0 Å². The van der Waals surface area contributed by atoms with Gasteiger partial charge in [0.15, 0.2) is 0 Å². The molecular weight excluding hydrogens is 170 g/mol. The minimum Gasteiger partial charge on any atom is -0.272 e. The minimum absolute atomic E-state index is 0.220. The molecule has 0 N–H and O–H groups in total. The number of rotatable bonds is 2. The first kappa shape index (κ1) is 10.2. The highest BCUT2D eigenvalue weighted by atomic mass is 16.7. The first-order valence-corrected chi connectivity index (χ1v) is 4.45. The van der Waals surface area contributed by atoms with Crippen LogP contribution in [-0.4, -0.2) is 23.5 Å². The van der Waals surface area contributed by atoms with Gasteiger partial charge >= 0.3 is 0 Å². The zero-order chi connectivity index (χ0) is 10.1. The topological polar surface area (TPSA) is 46.6 Å². The van der Waals surface area contributed by atoms with Crippen molar-refractivity contribution >= 4 is 11.8 Å². The smallest absolute Gasteiger partial charge is 0.254 e. The van der Waals surface area contributed by atoms with Crippen molar-refractivity contribution in [2.45, 2.75) is 33.6 Å². The Morgan fingerprint density at radius 1 is 1.31 bits per heavy atom. The van der Waals surface area contributed by atoms with Gasteiger partial charge in [-0.15, -0.1) is 0 Å². The molecule has 0 bridgehead atoms. The van der Waals surface area contributed by atoms with E-state index in [0.717, 1.165) is 5.06 Å². The Hall–Kier alpha value is -0.900. The van der Waals surface area contributed by atoms with E-state index in [2.05, 4.69) is 0 Å². The van der Waals surface area contributed by atoms with Crippen molar-refractivity contribution in [2.75, 3.05) is 6.61 Å². The summed E-state index contributed by atoms with van der Waals surface area (Å²) in [5.74, 6) is -0.466. The molecule has 13 heavy (non-hydrogen) atoms. The molecule has 0 atom stereocenters. The fourth-order valence-corrected chi connectivity index (χ4v) is 1.44. The number of carbonyl (C=O) groups excluding carboxylic acids is 2. The molecule has 1 saturated heterocycles. The van der Waals surface area contributed by atoms with Gasteiger partial charge in [-0.2, -0.15) is 5.06 Å². The van der Waals surface area contributed by atoms with Gasteiger partial charge in [0.2, 0.25) is 0 Å². The Morgan fingerprint density at radius 2 is 1.77 bits per heavy atom. The van der Waals surface area contributed by atoms with E-state index in [4.69, 9.17) is 4.84 Å². The van der Waals surface area contributed by atoms with E-state index in [9.17, 15) is 9.59 Å². The van der Waals surface area contributed by atoms with Gasteiger partial charge in [-0.3, -0.25) is 14.4 Å². The van der Waals surface area contributed by atoms with Crippen LogP contribution in [0.4, 0.5) is 0 Å². The Kier molecular flexibility index (Phi) is 2.71. The van der Waals surface area contributed by atoms with E-state index in [1.807, 2.05) is 13.8 Å². The summed E-state index contributed by atoms with van der Waals surface area (Å²) in [6.45, 7) is 5.91. The Labute approximate surface area is 77.8 Å². The molecule has 1 rings (SSSR count). The van der Waals surface area contributed by atoms with Crippen LogP contribution >= 0.6 is 0 Å². The van der Waals surface area contributed by atoms with Crippen LogP contribution in [0.1, 0.15) is 33.6 Å². The molecule has 1 fully saturated rings. The number of hydrogen-bond donors (Lipinski definition) is 0. The summed E-state index contributed by atoms with van der Waals surface area (Å²) in [4.78, 5) is 27.7. The number of carbonyl (C=O) groups is 2. The summed E-state index contributed by atoms with van der Waals surface area (Å²) < 4.78 is 0. The lowest BCUT2D eigenvalue weighted by molar-refractivity contribution is -0.202. The van der Waals surface area contributed by atoms with Crippen LogP contribution in [0.15, 0.2) is 0 Å². The lowest BCUT2D eigenvalue weighted by atomic mass is 9.82. The van der Waals surface area contributed by atoms with Gasteiger partial charge in [0.05, 0.1) is 6.61 Å². The molecule has 0 saturated carbocycles. The lowest BCUT2D eigenvalue weighted by Gasteiger charge is -2.33. The molecule has 0 spiro atoms. The highest BCUT2D eigenvalue weighted by molar-refractivity contribution is 5.97. The summed E-state index contributed by atoms with van der Waals surface area (Å²) >= 11 is 0. The van der Waals surface area contributed by atoms with Gasteiger partial charge in [0, 0.05) is 12.8 Å². The summed E-state index contributed by atoms with van der Waals surface area (Å²) in [6.07, 6.45) is 0.747. The molecule has 0 aromatic heterocycles. The second-order valence-electron chi connectivity index (χ2n) is 4.02. The monoisotopic (exact) mass is 185 g/mol. The van der Waals surface area contributed by atoms with Gasteiger partial charge in [-0.25, -0.2) is 0 Å². The molecule has 0 aromatic carbocycles. The first-order valence-electron chi connectivity index (χ1n) is 4.45. The lowest BCUT2D eigenvalue weighted by Crippen LogP contribution is -2.45.